The molecule has 1 aromatic rings. The Bertz CT molecular complexity index is 737. The zero-order valence-electron chi connectivity index (χ0n) is 13.7. The van der Waals surface area contributed by atoms with Crippen molar-refractivity contribution in [2.75, 3.05) is 4.90 Å². The van der Waals surface area contributed by atoms with Crippen molar-refractivity contribution in [2.45, 2.75) is 26.7 Å². The largest absolute Gasteiger partial charge is 0.274 e. The van der Waals surface area contributed by atoms with Gasteiger partial charge in [0, 0.05) is 5.71 Å². The van der Waals surface area contributed by atoms with E-state index in [0.29, 0.717) is 24.2 Å². The Morgan fingerprint density at radius 3 is 2.25 bits per heavy atom. The molecule has 1 aromatic carbocycles. The summed E-state index contributed by atoms with van der Waals surface area (Å²) in [6.07, 6.45) is 5.01. The topological polar surface area (TPSA) is 78.8 Å². The molecule has 1 aliphatic heterocycles. The summed E-state index contributed by atoms with van der Waals surface area (Å²) in [4.78, 5) is 38.9. The summed E-state index contributed by atoms with van der Waals surface area (Å²) in [5.74, 6) is -1.56. The predicted molar refractivity (Wildman–Crippen MR) is 90.5 cm³/mol. The van der Waals surface area contributed by atoms with E-state index < -0.39 is 5.91 Å². The Hall–Kier alpha value is -2.76. The highest BCUT2D eigenvalue weighted by Gasteiger charge is 2.48. The smallest absolute Gasteiger partial charge is 0.273 e. The number of allylic oxidation sites excluding steroid dienone is 2. The molecule has 0 aromatic heterocycles. The number of rotatable bonds is 3. The number of nitrogens with one attached hydrogen (secondary N) is 1. The van der Waals surface area contributed by atoms with Crippen molar-refractivity contribution in [1.82, 2.24) is 5.43 Å². The summed E-state index contributed by atoms with van der Waals surface area (Å²) in [5.41, 5.74) is 3.72. The van der Waals surface area contributed by atoms with E-state index in [4.69, 9.17) is 0 Å². The van der Waals surface area contributed by atoms with E-state index in [1.54, 1.807) is 38.1 Å². The first-order valence-corrected chi connectivity index (χ1v) is 7.93. The summed E-state index contributed by atoms with van der Waals surface area (Å²) in [5, 5.41) is 3.90. The Balaban J connectivity index is 1.96. The average Bonchev–Trinajstić information content (AvgIpc) is 2.84. The van der Waals surface area contributed by atoms with E-state index in [9.17, 15) is 14.4 Å². The van der Waals surface area contributed by atoms with Crippen LogP contribution in [-0.4, -0.2) is 23.4 Å². The van der Waals surface area contributed by atoms with E-state index in [-0.39, 0.29) is 29.2 Å². The van der Waals surface area contributed by atoms with Gasteiger partial charge in [-0.1, -0.05) is 24.3 Å². The minimum atomic E-state index is -0.444. The molecule has 1 heterocycles. The number of anilines is 1. The van der Waals surface area contributed by atoms with Crippen LogP contribution < -0.4 is 10.3 Å². The number of nitrogens with zero attached hydrogens (tertiary/aromatic N) is 2. The van der Waals surface area contributed by atoms with Gasteiger partial charge in [-0.05, 0) is 38.8 Å². The molecule has 6 nitrogen and oxygen atoms in total. The molecular formula is C18H19N3O3. The third-order valence-electron chi connectivity index (χ3n) is 4.28. The first-order chi connectivity index (χ1) is 11.5. The van der Waals surface area contributed by atoms with Gasteiger partial charge in [-0.15, -0.1) is 0 Å². The lowest BCUT2D eigenvalue weighted by Gasteiger charge is -2.18. The molecule has 0 unspecified atom stereocenters. The molecule has 0 spiro atoms. The Morgan fingerprint density at radius 1 is 1.08 bits per heavy atom. The monoisotopic (exact) mass is 325 g/mol. The summed E-state index contributed by atoms with van der Waals surface area (Å²) < 4.78 is 0. The fraction of sp³-hybridized carbons (Fsp3) is 0.333. The van der Waals surface area contributed by atoms with Gasteiger partial charge in [0.05, 0.1) is 23.1 Å². The molecule has 2 aliphatic rings. The summed E-state index contributed by atoms with van der Waals surface area (Å²) in [6.45, 7) is 3.52. The molecule has 2 atom stereocenters. The van der Waals surface area contributed by atoms with Crippen LogP contribution in [0.2, 0.25) is 0 Å². The molecule has 6 heteroatoms. The van der Waals surface area contributed by atoms with Crippen LogP contribution in [-0.2, 0) is 9.59 Å². The first-order valence-electron chi connectivity index (χ1n) is 7.93. The summed E-state index contributed by atoms with van der Waals surface area (Å²) in [6, 6.07) is 6.62. The zero-order chi connectivity index (χ0) is 17.3. The number of hydrazone groups is 1. The van der Waals surface area contributed by atoms with Gasteiger partial charge in [-0.3, -0.25) is 14.4 Å². The maximum absolute atomic E-state index is 12.7. The highest BCUT2D eigenvalue weighted by molar-refractivity contribution is 6.24. The summed E-state index contributed by atoms with van der Waals surface area (Å²) in [7, 11) is 0. The van der Waals surface area contributed by atoms with Crippen LogP contribution in [0.15, 0.2) is 41.5 Å². The fourth-order valence-corrected chi connectivity index (χ4v) is 3.12. The Labute approximate surface area is 140 Å². The van der Waals surface area contributed by atoms with E-state index in [1.807, 2.05) is 12.2 Å². The molecule has 0 saturated carbocycles. The van der Waals surface area contributed by atoms with Crippen molar-refractivity contribution in [3.63, 3.8) is 0 Å². The van der Waals surface area contributed by atoms with Gasteiger partial charge in [-0.25, -0.2) is 10.3 Å². The lowest BCUT2D eigenvalue weighted by Crippen LogP contribution is -2.33. The Kier molecular flexibility index (Phi) is 4.29. The van der Waals surface area contributed by atoms with Gasteiger partial charge in [0.1, 0.15) is 0 Å². The average molecular weight is 325 g/mol. The number of para-hydroxylation sites is 1. The van der Waals surface area contributed by atoms with Gasteiger partial charge in [0.25, 0.3) is 5.91 Å². The van der Waals surface area contributed by atoms with Gasteiger partial charge in [-0.2, -0.15) is 5.10 Å². The maximum atomic E-state index is 12.7. The molecule has 24 heavy (non-hydrogen) atoms. The highest BCUT2D eigenvalue weighted by Crippen LogP contribution is 2.38. The van der Waals surface area contributed by atoms with Crippen LogP contribution >= 0.6 is 0 Å². The zero-order valence-corrected chi connectivity index (χ0v) is 13.7. The van der Waals surface area contributed by atoms with E-state index in [2.05, 4.69) is 10.5 Å². The Morgan fingerprint density at radius 2 is 1.67 bits per heavy atom. The molecule has 3 rings (SSSR count). The highest BCUT2D eigenvalue weighted by atomic mass is 16.2. The number of hydrogen-bond donors (Lipinski definition) is 1. The maximum Gasteiger partial charge on any atom is 0.273 e. The third kappa shape index (κ3) is 2.75. The van der Waals surface area contributed by atoms with Crippen molar-refractivity contribution in [2.24, 2.45) is 16.9 Å². The second-order valence-electron chi connectivity index (χ2n) is 6.18. The molecule has 124 valence electrons. The van der Waals surface area contributed by atoms with Gasteiger partial charge in [0.15, 0.2) is 0 Å². The van der Waals surface area contributed by atoms with Crippen LogP contribution in [0.5, 0.6) is 0 Å². The molecule has 1 saturated heterocycles. The number of benzene rings is 1. The van der Waals surface area contributed by atoms with Crippen molar-refractivity contribution < 1.29 is 14.4 Å². The van der Waals surface area contributed by atoms with Crippen LogP contribution in [0.1, 0.15) is 37.0 Å². The van der Waals surface area contributed by atoms with Crippen molar-refractivity contribution >= 4 is 29.1 Å². The van der Waals surface area contributed by atoms with E-state index >= 15 is 0 Å². The lowest BCUT2D eigenvalue weighted by molar-refractivity contribution is -0.122. The quantitative estimate of drug-likeness (QED) is 0.401. The number of carbonyl (C=O) groups excluding carboxylic acids is 3. The van der Waals surface area contributed by atoms with E-state index in [0.717, 1.165) is 0 Å². The second-order valence-corrected chi connectivity index (χ2v) is 6.18. The third-order valence-corrected chi connectivity index (χ3v) is 4.28. The number of imide groups is 1. The van der Waals surface area contributed by atoms with Crippen LogP contribution in [0, 0.1) is 11.8 Å². The van der Waals surface area contributed by atoms with Crippen molar-refractivity contribution in [1.29, 1.82) is 0 Å². The molecule has 0 bridgehead atoms. The van der Waals surface area contributed by atoms with Crippen molar-refractivity contribution in [3.05, 3.63) is 42.0 Å². The second kappa shape index (κ2) is 6.39. The lowest BCUT2D eigenvalue weighted by atomic mass is 9.85. The van der Waals surface area contributed by atoms with Crippen LogP contribution in [0.3, 0.4) is 0 Å². The molecular weight excluding hydrogens is 306 g/mol. The van der Waals surface area contributed by atoms with Crippen LogP contribution in [0.4, 0.5) is 5.69 Å². The van der Waals surface area contributed by atoms with Gasteiger partial charge in [0.2, 0.25) is 11.8 Å². The normalized spacial score (nSPS) is 22.3. The SMILES string of the molecule is CC(C)=NNC(=O)c1ccccc1N1C(=O)[C@@H]2CC=CC[C@H]2C1=O. The predicted octanol–water partition coefficient (Wildman–Crippen LogP) is 2.27. The molecule has 1 fully saturated rings. The van der Waals surface area contributed by atoms with Gasteiger partial charge >= 0.3 is 0 Å². The fourth-order valence-electron chi connectivity index (χ4n) is 3.12. The molecule has 0 radical (unpaired) electrons. The van der Waals surface area contributed by atoms with Crippen molar-refractivity contribution in [3.8, 4) is 0 Å². The number of hydrogen-bond acceptors (Lipinski definition) is 4. The number of carbonyl (C=O) groups is 3. The van der Waals surface area contributed by atoms with Gasteiger partial charge < -0.3 is 0 Å². The summed E-state index contributed by atoms with van der Waals surface area (Å²) >= 11 is 0. The van der Waals surface area contributed by atoms with Crippen LogP contribution in [0.25, 0.3) is 0 Å². The molecule has 3 amide bonds. The molecule has 1 aliphatic carbocycles. The van der Waals surface area contributed by atoms with E-state index in [1.165, 1.54) is 4.90 Å². The minimum Gasteiger partial charge on any atom is -0.274 e. The first kappa shape index (κ1) is 16.1. The minimum absolute atomic E-state index is 0.232. The standard InChI is InChI=1S/C18H19N3O3/c1-11(2)19-20-16(22)14-9-5-6-10-15(14)21-17(23)12-7-3-4-8-13(12)18(21)24/h3-6,9-10,12-13H,7-8H2,1-2H3,(H,20,22)/t12-,13-/m1/s1. The molecule has 1 N–H and O–H groups in total. The number of amides is 3. The number of fused-ring (bicyclic) bond motifs is 1.